The molecule has 2 aromatic rings. The number of alkyl halides is 3. The molecule has 0 aliphatic rings. The van der Waals surface area contributed by atoms with Gasteiger partial charge < -0.3 is 9.84 Å². The molecule has 1 N–H and O–H groups in total. The van der Waals surface area contributed by atoms with Crippen LogP contribution in [0.1, 0.15) is 10.4 Å². The monoisotopic (exact) mass is 286 g/mol. The lowest BCUT2D eigenvalue weighted by atomic mass is 10.1. The molecule has 0 amide bonds. The summed E-state index contributed by atoms with van der Waals surface area (Å²) in [5.41, 5.74) is 0.535. The number of aromatic nitrogens is 2. The van der Waals surface area contributed by atoms with E-state index in [9.17, 15) is 23.1 Å². The SMILES string of the molecule is Cn1nc(-c2ccc(OC(F)(F)F)cc2)c(C=O)c1O. The fraction of sp³-hybridized carbons (Fsp3) is 0.167. The molecule has 5 nitrogen and oxygen atoms in total. The summed E-state index contributed by atoms with van der Waals surface area (Å²) in [7, 11) is 1.44. The summed E-state index contributed by atoms with van der Waals surface area (Å²) in [6.45, 7) is 0. The van der Waals surface area contributed by atoms with Crippen LogP contribution in [0.25, 0.3) is 11.3 Å². The van der Waals surface area contributed by atoms with E-state index in [0.717, 1.165) is 16.8 Å². The minimum absolute atomic E-state index is 0.0306. The molecule has 0 unspecified atom stereocenters. The van der Waals surface area contributed by atoms with Gasteiger partial charge in [-0.15, -0.1) is 13.2 Å². The van der Waals surface area contributed by atoms with Crippen molar-refractivity contribution in [3.05, 3.63) is 29.8 Å². The topological polar surface area (TPSA) is 64.4 Å². The van der Waals surface area contributed by atoms with Crippen LogP contribution in [-0.4, -0.2) is 27.5 Å². The molecule has 106 valence electrons. The van der Waals surface area contributed by atoms with Gasteiger partial charge in [0.25, 0.3) is 0 Å². The highest BCUT2D eigenvalue weighted by Crippen LogP contribution is 2.30. The third-order valence-electron chi connectivity index (χ3n) is 2.53. The van der Waals surface area contributed by atoms with Gasteiger partial charge in [-0.2, -0.15) is 5.10 Å². The number of carbonyl (C=O) groups is 1. The van der Waals surface area contributed by atoms with E-state index in [1.165, 1.54) is 19.2 Å². The first-order valence-corrected chi connectivity index (χ1v) is 5.39. The molecule has 0 fully saturated rings. The van der Waals surface area contributed by atoms with Crippen LogP contribution in [-0.2, 0) is 7.05 Å². The first-order chi connectivity index (χ1) is 9.31. The number of halogens is 3. The summed E-state index contributed by atoms with van der Waals surface area (Å²) in [6.07, 6.45) is -4.34. The Bertz CT molecular complexity index is 633. The van der Waals surface area contributed by atoms with Crippen LogP contribution in [0.2, 0.25) is 0 Å². The molecule has 0 saturated carbocycles. The van der Waals surface area contributed by atoms with E-state index in [4.69, 9.17) is 0 Å². The van der Waals surface area contributed by atoms with Gasteiger partial charge in [0.1, 0.15) is 17.0 Å². The molecule has 0 atom stereocenters. The molecule has 1 aromatic heterocycles. The largest absolute Gasteiger partial charge is 0.573 e. The molecule has 0 bridgehead atoms. The van der Waals surface area contributed by atoms with Crippen molar-refractivity contribution in [2.45, 2.75) is 6.36 Å². The highest BCUT2D eigenvalue weighted by atomic mass is 19.4. The number of nitrogens with zero attached hydrogens (tertiary/aromatic N) is 2. The number of hydrogen-bond acceptors (Lipinski definition) is 4. The zero-order chi connectivity index (χ0) is 14.9. The molecule has 0 saturated heterocycles. The second-order valence-electron chi connectivity index (χ2n) is 3.90. The van der Waals surface area contributed by atoms with E-state index in [1.807, 2.05) is 0 Å². The molecule has 8 heteroatoms. The van der Waals surface area contributed by atoms with E-state index in [1.54, 1.807) is 0 Å². The first kappa shape index (κ1) is 13.9. The minimum atomic E-state index is -4.77. The fourth-order valence-electron chi connectivity index (χ4n) is 1.67. The molecule has 1 heterocycles. The van der Waals surface area contributed by atoms with Crippen molar-refractivity contribution in [2.24, 2.45) is 7.05 Å². The van der Waals surface area contributed by atoms with Gasteiger partial charge in [-0.3, -0.25) is 4.79 Å². The lowest BCUT2D eigenvalue weighted by molar-refractivity contribution is -0.274. The number of carbonyl (C=O) groups excluding carboxylic acids is 1. The van der Waals surface area contributed by atoms with E-state index in [-0.39, 0.29) is 22.9 Å². The van der Waals surface area contributed by atoms with Crippen LogP contribution in [0.5, 0.6) is 11.6 Å². The van der Waals surface area contributed by atoms with E-state index < -0.39 is 6.36 Å². The molecule has 0 spiro atoms. The molecule has 0 aliphatic carbocycles. The maximum absolute atomic E-state index is 12.0. The average Bonchev–Trinajstić information content (AvgIpc) is 2.64. The molecule has 0 aliphatic heterocycles. The normalized spacial score (nSPS) is 11.4. The van der Waals surface area contributed by atoms with Crippen molar-refractivity contribution in [2.75, 3.05) is 0 Å². The predicted octanol–water partition coefficient (Wildman–Crippen LogP) is 2.50. The van der Waals surface area contributed by atoms with Crippen molar-refractivity contribution in [1.29, 1.82) is 0 Å². The number of aldehydes is 1. The summed E-state index contributed by atoms with van der Waals surface area (Å²) >= 11 is 0. The molecule has 1 aromatic carbocycles. The Morgan fingerprint density at radius 2 is 1.90 bits per heavy atom. The number of hydrogen-bond donors (Lipinski definition) is 1. The van der Waals surface area contributed by atoms with Crippen molar-refractivity contribution in [3.8, 4) is 22.9 Å². The van der Waals surface area contributed by atoms with E-state index >= 15 is 0 Å². The van der Waals surface area contributed by atoms with Gasteiger partial charge >= 0.3 is 6.36 Å². The number of rotatable bonds is 3. The zero-order valence-corrected chi connectivity index (χ0v) is 10.2. The summed E-state index contributed by atoms with van der Waals surface area (Å²) in [5.74, 6) is -0.695. The quantitative estimate of drug-likeness (QED) is 0.880. The molecular formula is C12H9F3N2O3. The summed E-state index contributed by atoms with van der Waals surface area (Å²) in [4.78, 5) is 10.9. The molecule has 2 rings (SSSR count). The molecular weight excluding hydrogens is 277 g/mol. The van der Waals surface area contributed by atoms with Gasteiger partial charge in [0.05, 0.1) is 0 Å². The third kappa shape index (κ3) is 2.73. The lowest BCUT2D eigenvalue weighted by Crippen LogP contribution is -2.16. The van der Waals surface area contributed by atoms with Crippen LogP contribution >= 0.6 is 0 Å². The van der Waals surface area contributed by atoms with Crippen molar-refractivity contribution >= 4 is 6.29 Å². The number of aromatic hydroxyl groups is 1. The number of ether oxygens (including phenoxy) is 1. The summed E-state index contributed by atoms with van der Waals surface area (Å²) < 4.78 is 40.9. The Hall–Kier alpha value is -2.51. The Balaban J connectivity index is 2.35. The summed E-state index contributed by atoms with van der Waals surface area (Å²) in [5, 5.41) is 13.5. The number of benzene rings is 1. The smallest absolute Gasteiger partial charge is 0.493 e. The highest BCUT2D eigenvalue weighted by Gasteiger charge is 2.31. The Kier molecular flexibility index (Phi) is 3.39. The highest BCUT2D eigenvalue weighted by molar-refractivity contribution is 5.88. The minimum Gasteiger partial charge on any atom is -0.493 e. The average molecular weight is 286 g/mol. The maximum Gasteiger partial charge on any atom is 0.573 e. The van der Waals surface area contributed by atoms with Crippen LogP contribution in [0.15, 0.2) is 24.3 Å². The van der Waals surface area contributed by atoms with E-state index in [0.29, 0.717) is 11.8 Å². The predicted molar refractivity (Wildman–Crippen MR) is 62.4 cm³/mol. The maximum atomic E-state index is 12.0. The Labute approximate surface area is 111 Å². The van der Waals surface area contributed by atoms with Gasteiger partial charge in [-0.25, -0.2) is 4.68 Å². The van der Waals surface area contributed by atoms with Gasteiger partial charge in [0, 0.05) is 12.6 Å². The van der Waals surface area contributed by atoms with Gasteiger partial charge in [0.2, 0.25) is 5.88 Å². The third-order valence-corrected chi connectivity index (χ3v) is 2.53. The fourth-order valence-corrected chi connectivity index (χ4v) is 1.67. The standard InChI is InChI=1S/C12H9F3N2O3/c1-17-11(19)9(6-18)10(16-17)7-2-4-8(5-3-7)20-12(13,14)15/h2-6,19H,1H3. The van der Waals surface area contributed by atoms with Crippen molar-refractivity contribution < 1.29 is 27.8 Å². The van der Waals surface area contributed by atoms with Crippen molar-refractivity contribution in [1.82, 2.24) is 9.78 Å². The summed E-state index contributed by atoms with van der Waals surface area (Å²) in [6, 6.07) is 4.83. The van der Waals surface area contributed by atoms with Gasteiger partial charge in [-0.05, 0) is 24.3 Å². The van der Waals surface area contributed by atoms with Gasteiger partial charge in [0.15, 0.2) is 6.29 Å². The zero-order valence-electron chi connectivity index (χ0n) is 10.2. The molecule has 0 radical (unpaired) electrons. The molecule has 20 heavy (non-hydrogen) atoms. The van der Waals surface area contributed by atoms with Crippen molar-refractivity contribution in [3.63, 3.8) is 0 Å². The van der Waals surface area contributed by atoms with Crippen LogP contribution in [0.4, 0.5) is 13.2 Å². The second kappa shape index (κ2) is 4.87. The van der Waals surface area contributed by atoms with Crippen LogP contribution in [0.3, 0.4) is 0 Å². The van der Waals surface area contributed by atoms with E-state index in [2.05, 4.69) is 9.84 Å². The van der Waals surface area contributed by atoms with Crippen LogP contribution in [0, 0.1) is 0 Å². The Morgan fingerprint density at radius 3 is 2.40 bits per heavy atom. The second-order valence-corrected chi connectivity index (χ2v) is 3.90. The van der Waals surface area contributed by atoms with Crippen LogP contribution < -0.4 is 4.74 Å². The lowest BCUT2D eigenvalue weighted by Gasteiger charge is -2.08. The first-order valence-electron chi connectivity index (χ1n) is 5.39. The Morgan fingerprint density at radius 1 is 1.30 bits per heavy atom. The number of aryl methyl sites for hydroxylation is 1. The van der Waals surface area contributed by atoms with Gasteiger partial charge in [-0.1, -0.05) is 0 Å².